The minimum atomic E-state index is -0.381. The Labute approximate surface area is 106 Å². The van der Waals surface area contributed by atoms with Crippen molar-refractivity contribution in [3.05, 3.63) is 48.3 Å². The minimum Gasteiger partial charge on any atom is -0.300 e. The molecule has 5 heteroatoms. The number of piperidine rings is 1. The first-order valence-corrected chi connectivity index (χ1v) is 6.22. The third-order valence-corrected chi connectivity index (χ3v) is 3.36. The molecule has 3 rings (SSSR count). The van der Waals surface area contributed by atoms with E-state index < -0.39 is 0 Å². The quantitative estimate of drug-likeness (QED) is 0.858. The molecule has 5 nitrogen and oxygen atoms in total. The molecule has 18 heavy (non-hydrogen) atoms. The molecule has 1 fully saturated rings. The maximum absolute atomic E-state index is 4.41. The molecule has 3 heterocycles. The summed E-state index contributed by atoms with van der Waals surface area (Å²) in [5, 5.41) is 11.8. The van der Waals surface area contributed by atoms with Crippen LogP contribution in [0.15, 0.2) is 36.8 Å². The van der Waals surface area contributed by atoms with Gasteiger partial charge in [0.2, 0.25) is 0 Å². The number of nitrogens with zero attached hydrogens (tertiary/aromatic N) is 4. The number of rotatable bonds is 2. The largest absolute Gasteiger partial charge is 0.300 e. The second-order valence-corrected chi connectivity index (χ2v) is 4.47. The molecule has 1 N–H and O–H groups in total. The third-order valence-electron chi connectivity index (χ3n) is 3.36. The van der Waals surface area contributed by atoms with Crippen molar-refractivity contribution in [2.45, 2.75) is 24.8 Å². The van der Waals surface area contributed by atoms with Gasteiger partial charge in [-0.15, -0.1) is 0 Å². The summed E-state index contributed by atoms with van der Waals surface area (Å²) >= 11 is 0. The first-order valence-electron chi connectivity index (χ1n) is 6.22. The number of nitrogens with one attached hydrogen (secondary N) is 1. The lowest BCUT2D eigenvalue weighted by atomic mass is 9.84. The molecule has 2 aromatic rings. The highest BCUT2D eigenvalue weighted by Crippen LogP contribution is 2.33. The molecule has 0 radical (unpaired) electrons. The van der Waals surface area contributed by atoms with Crippen molar-refractivity contribution in [1.29, 1.82) is 0 Å². The number of hydrogen-bond donors (Lipinski definition) is 1. The van der Waals surface area contributed by atoms with Crippen molar-refractivity contribution in [1.82, 2.24) is 25.5 Å². The maximum Gasteiger partial charge on any atom is 0.154 e. The van der Waals surface area contributed by atoms with E-state index >= 15 is 0 Å². The Morgan fingerprint density at radius 3 is 2.61 bits per heavy atom. The van der Waals surface area contributed by atoms with Crippen LogP contribution in [0.25, 0.3) is 0 Å². The molecule has 1 unspecified atom stereocenters. The van der Waals surface area contributed by atoms with Gasteiger partial charge in [-0.05, 0) is 44.0 Å². The van der Waals surface area contributed by atoms with Gasteiger partial charge in [-0.3, -0.25) is 5.32 Å². The second-order valence-electron chi connectivity index (χ2n) is 4.47. The molecule has 0 saturated carbocycles. The van der Waals surface area contributed by atoms with E-state index in [4.69, 9.17) is 0 Å². The van der Waals surface area contributed by atoms with Crippen molar-refractivity contribution >= 4 is 0 Å². The first kappa shape index (κ1) is 11.2. The lowest BCUT2D eigenvalue weighted by molar-refractivity contribution is 0.286. The van der Waals surface area contributed by atoms with Gasteiger partial charge >= 0.3 is 0 Å². The third kappa shape index (κ3) is 1.86. The molecular weight excluding hydrogens is 226 g/mol. The summed E-state index contributed by atoms with van der Waals surface area (Å²) in [6.45, 7) is 0.953. The molecule has 1 aliphatic heterocycles. The SMILES string of the molecule is c1cnc(C2(c3cccnn3)CCCCN2)nc1. The summed E-state index contributed by atoms with van der Waals surface area (Å²) in [5.74, 6) is 0.783. The molecule has 1 saturated heterocycles. The van der Waals surface area contributed by atoms with Crippen LogP contribution in [0.2, 0.25) is 0 Å². The average molecular weight is 241 g/mol. The van der Waals surface area contributed by atoms with E-state index in [9.17, 15) is 0 Å². The van der Waals surface area contributed by atoms with Crippen LogP contribution in [0, 0.1) is 0 Å². The molecule has 1 atom stereocenters. The highest BCUT2D eigenvalue weighted by Gasteiger charge is 2.39. The van der Waals surface area contributed by atoms with Crippen molar-refractivity contribution in [3.63, 3.8) is 0 Å². The maximum atomic E-state index is 4.41. The van der Waals surface area contributed by atoms with Gasteiger partial charge in [-0.1, -0.05) is 0 Å². The predicted octanol–water partition coefficient (Wildman–Crippen LogP) is 1.28. The molecule has 92 valence electrons. The molecule has 2 aromatic heterocycles. The zero-order chi connectivity index (χ0) is 12.3. The number of hydrogen-bond acceptors (Lipinski definition) is 5. The summed E-state index contributed by atoms with van der Waals surface area (Å²) < 4.78 is 0. The van der Waals surface area contributed by atoms with Crippen molar-refractivity contribution in [2.75, 3.05) is 6.54 Å². The van der Waals surface area contributed by atoms with Crippen LogP contribution in [-0.2, 0) is 5.54 Å². The Balaban J connectivity index is 2.10. The van der Waals surface area contributed by atoms with Crippen molar-refractivity contribution < 1.29 is 0 Å². The molecule has 0 spiro atoms. The molecule has 0 aromatic carbocycles. The van der Waals surface area contributed by atoms with E-state index in [0.717, 1.165) is 30.9 Å². The Hall–Kier alpha value is -1.88. The average Bonchev–Trinajstić information content (AvgIpc) is 2.50. The Morgan fingerprint density at radius 1 is 1.06 bits per heavy atom. The zero-order valence-corrected chi connectivity index (χ0v) is 10.1. The Bertz CT molecular complexity index is 452. The summed E-state index contributed by atoms with van der Waals surface area (Å²) in [4.78, 5) is 8.82. The zero-order valence-electron chi connectivity index (χ0n) is 10.1. The molecule has 1 aliphatic rings. The van der Waals surface area contributed by atoms with Crippen LogP contribution < -0.4 is 5.32 Å². The van der Waals surface area contributed by atoms with E-state index in [1.807, 2.05) is 18.2 Å². The minimum absolute atomic E-state index is 0.381. The second kappa shape index (κ2) is 4.78. The molecule has 0 bridgehead atoms. The van der Waals surface area contributed by atoms with E-state index in [-0.39, 0.29) is 5.54 Å². The van der Waals surface area contributed by atoms with Gasteiger partial charge in [0, 0.05) is 18.6 Å². The van der Waals surface area contributed by atoms with Gasteiger partial charge in [0.1, 0.15) is 5.54 Å². The predicted molar refractivity (Wildman–Crippen MR) is 66.7 cm³/mol. The summed E-state index contributed by atoms with van der Waals surface area (Å²) in [6, 6.07) is 5.72. The van der Waals surface area contributed by atoms with Crippen LogP contribution in [0.3, 0.4) is 0 Å². The Kier molecular flexibility index (Phi) is 2.98. The molecule has 0 aliphatic carbocycles. The summed E-state index contributed by atoms with van der Waals surface area (Å²) in [6.07, 6.45) is 8.51. The summed E-state index contributed by atoms with van der Waals surface area (Å²) in [7, 11) is 0. The van der Waals surface area contributed by atoms with Crippen LogP contribution in [0.5, 0.6) is 0 Å². The van der Waals surface area contributed by atoms with Crippen LogP contribution in [0.4, 0.5) is 0 Å². The highest BCUT2D eigenvalue weighted by atomic mass is 15.2. The smallest absolute Gasteiger partial charge is 0.154 e. The lowest BCUT2D eigenvalue weighted by Gasteiger charge is -2.35. The van der Waals surface area contributed by atoms with Gasteiger partial charge in [0.05, 0.1) is 5.69 Å². The van der Waals surface area contributed by atoms with Gasteiger partial charge in [-0.2, -0.15) is 10.2 Å². The van der Waals surface area contributed by atoms with Crippen LogP contribution in [-0.4, -0.2) is 26.7 Å². The van der Waals surface area contributed by atoms with E-state index in [0.29, 0.717) is 0 Å². The number of aromatic nitrogens is 4. The van der Waals surface area contributed by atoms with Crippen molar-refractivity contribution in [2.24, 2.45) is 0 Å². The normalized spacial score (nSPS) is 23.8. The highest BCUT2D eigenvalue weighted by molar-refractivity contribution is 5.25. The Morgan fingerprint density at radius 2 is 1.94 bits per heavy atom. The molecule has 0 amide bonds. The summed E-state index contributed by atoms with van der Waals surface area (Å²) in [5.41, 5.74) is 0.518. The fourth-order valence-electron chi connectivity index (χ4n) is 2.48. The lowest BCUT2D eigenvalue weighted by Crippen LogP contribution is -2.48. The monoisotopic (exact) mass is 241 g/mol. The van der Waals surface area contributed by atoms with Gasteiger partial charge < -0.3 is 0 Å². The van der Waals surface area contributed by atoms with Crippen molar-refractivity contribution in [3.8, 4) is 0 Å². The standard InChI is InChI=1S/C13H15N5/c1-2-9-16-13(6-1,11-5-3-10-17-18-11)12-14-7-4-8-15-12/h3-5,7-8,10,16H,1-2,6,9H2. The van der Waals surface area contributed by atoms with Gasteiger partial charge in [0.25, 0.3) is 0 Å². The van der Waals surface area contributed by atoms with Crippen LogP contribution in [0.1, 0.15) is 30.8 Å². The first-order chi connectivity index (χ1) is 8.92. The fraction of sp³-hybridized carbons (Fsp3) is 0.385. The van der Waals surface area contributed by atoms with Crippen LogP contribution >= 0.6 is 0 Å². The van der Waals surface area contributed by atoms with E-state index in [2.05, 4.69) is 25.5 Å². The van der Waals surface area contributed by atoms with E-state index in [1.165, 1.54) is 6.42 Å². The molecular formula is C13H15N5. The fourth-order valence-corrected chi connectivity index (χ4v) is 2.48. The van der Waals surface area contributed by atoms with Gasteiger partial charge in [0.15, 0.2) is 5.82 Å². The van der Waals surface area contributed by atoms with Gasteiger partial charge in [-0.25, -0.2) is 9.97 Å². The van der Waals surface area contributed by atoms with E-state index in [1.54, 1.807) is 18.6 Å². The topological polar surface area (TPSA) is 63.6 Å².